The first-order chi connectivity index (χ1) is 4.83. The molecule has 10 heavy (non-hydrogen) atoms. The number of imidazole rings is 1. The molecule has 0 aliphatic carbocycles. The summed E-state index contributed by atoms with van der Waals surface area (Å²) in [6.45, 7) is 2.17. The average Bonchev–Trinajstić information content (AvgIpc) is 2.31. The van der Waals surface area contributed by atoms with Gasteiger partial charge in [-0.15, -0.1) is 0 Å². The van der Waals surface area contributed by atoms with E-state index in [0.29, 0.717) is 0 Å². The standard InChI is InChI=1S/C7H12N2O/c1-6-8-5-7(9-6)3-2-4-10/h5,10H,2-4H2,1H3,(H,8,9). The Balaban J connectivity index is 2.42. The first-order valence-electron chi connectivity index (χ1n) is 3.44. The number of aliphatic hydroxyl groups is 1. The van der Waals surface area contributed by atoms with Crippen LogP contribution in [-0.4, -0.2) is 21.7 Å². The Morgan fingerprint density at radius 1 is 1.70 bits per heavy atom. The maximum Gasteiger partial charge on any atom is 0.103 e. The molecule has 0 saturated heterocycles. The van der Waals surface area contributed by atoms with Gasteiger partial charge < -0.3 is 10.1 Å². The molecule has 0 amide bonds. The summed E-state index contributed by atoms with van der Waals surface area (Å²) in [6, 6.07) is 0. The van der Waals surface area contributed by atoms with Crippen LogP contribution in [0.1, 0.15) is 17.9 Å². The predicted octanol–water partition coefficient (Wildman–Crippen LogP) is 0.643. The summed E-state index contributed by atoms with van der Waals surface area (Å²) in [4.78, 5) is 7.12. The van der Waals surface area contributed by atoms with Crippen LogP contribution in [0.2, 0.25) is 0 Å². The molecule has 3 nitrogen and oxygen atoms in total. The summed E-state index contributed by atoms with van der Waals surface area (Å²) in [5.41, 5.74) is 1.10. The quantitative estimate of drug-likeness (QED) is 0.647. The summed E-state index contributed by atoms with van der Waals surface area (Å²) in [7, 11) is 0. The van der Waals surface area contributed by atoms with E-state index in [4.69, 9.17) is 5.11 Å². The largest absolute Gasteiger partial charge is 0.396 e. The van der Waals surface area contributed by atoms with Crippen LogP contribution in [0.15, 0.2) is 6.20 Å². The van der Waals surface area contributed by atoms with Crippen molar-refractivity contribution >= 4 is 0 Å². The number of aryl methyl sites for hydroxylation is 2. The summed E-state index contributed by atoms with van der Waals surface area (Å²) in [5.74, 6) is 0.938. The van der Waals surface area contributed by atoms with Crippen molar-refractivity contribution in [2.45, 2.75) is 19.8 Å². The maximum absolute atomic E-state index is 8.50. The van der Waals surface area contributed by atoms with Gasteiger partial charge in [0.25, 0.3) is 0 Å². The molecule has 0 aromatic carbocycles. The number of aromatic amines is 1. The first kappa shape index (κ1) is 7.28. The molecule has 0 saturated carbocycles. The molecule has 1 aromatic rings. The molecule has 0 atom stereocenters. The maximum atomic E-state index is 8.50. The van der Waals surface area contributed by atoms with E-state index in [1.165, 1.54) is 0 Å². The number of H-pyrrole nitrogens is 1. The van der Waals surface area contributed by atoms with Crippen LogP contribution in [0.25, 0.3) is 0 Å². The van der Waals surface area contributed by atoms with E-state index in [-0.39, 0.29) is 6.61 Å². The second-order valence-electron chi connectivity index (χ2n) is 2.32. The van der Waals surface area contributed by atoms with Crippen LogP contribution in [0.4, 0.5) is 0 Å². The zero-order valence-electron chi connectivity index (χ0n) is 6.09. The number of hydrogen-bond donors (Lipinski definition) is 2. The number of nitrogens with one attached hydrogen (secondary N) is 1. The number of aliphatic hydroxyl groups excluding tert-OH is 1. The van der Waals surface area contributed by atoms with Gasteiger partial charge in [-0.2, -0.15) is 0 Å². The van der Waals surface area contributed by atoms with E-state index in [9.17, 15) is 0 Å². The molecule has 56 valence electrons. The molecule has 0 spiro atoms. The third kappa shape index (κ3) is 1.84. The molecule has 1 aromatic heterocycles. The molecule has 0 aliphatic rings. The third-order valence-electron chi connectivity index (χ3n) is 1.36. The van der Waals surface area contributed by atoms with E-state index in [2.05, 4.69) is 9.97 Å². The lowest BCUT2D eigenvalue weighted by Gasteiger charge is -1.91. The zero-order chi connectivity index (χ0) is 7.40. The Hall–Kier alpha value is -0.830. The van der Waals surface area contributed by atoms with Crippen LogP contribution in [0.3, 0.4) is 0 Å². The minimum atomic E-state index is 0.248. The van der Waals surface area contributed by atoms with E-state index in [0.717, 1.165) is 24.4 Å². The SMILES string of the molecule is Cc1ncc(CCCO)[nH]1. The third-order valence-corrected chi connectivity index (χ3v) is 1.36. The Morgan fingerprint density at radius 3 is 3.00 bits per heavy atom. The van der Waals surface area contributed by atoms with Gasteiger partial charge in [0.2, 0.25) is 0 Å². The molecule has 1 rings (SSSR count). The number of rotatable bonds is 3. The van der Waals surface area contributed by atoms with Crippen molar-refractivity contribution in [2.75, 3.05) is 6.61 Å². The molecule has 0 bridgehead atoms. The lowest BCUT2D eigenvalue weighted by atomic mass is 10.3. The summed E-state index contributed by atoms with van der Waals surface area (Å²) >= 11 is 0. The van der Waals surface area contributed by atoms with Crippen LogP contribution < -0.4 is 0 Å². The summed E-state index contributed by atoms with van der Waals surface area (Å²) in [5, 5.41) is 8.50. The Morgan fingerprint density at radius 2 is 2.50 bits per heavy atom. The predicted molar refractivity (Wildman–Crippen MR) is 38.7 cm³/mol. The average molecular weight is 140 g/mol. The number of hydrogen-bond acceptors (Lipinski definition) is 2. The van der Waals surface area contributed by atoms with Crippen LogP contribution in [-0.2, 0) is 6.42 Å². The van der Waals surface area contributed by atoms with Crippen molar-refractivity contribution in [3.05, 3.63) is 17.7 Å². The highest BCUT2D eigenvalue weighted by atomic mass is 16.2. The second-order valence-corrected chi connectivity index (χ2v) is 2.32. The normalized spacial score (nSPS) is 10.2. The molecule has 0 unspecified atom stereocenters. The van der Waals surface area contributed by atoms with Crippen molar-refractivity contribution in [3.63, 3.8) is 0 Å². The Bertz CT molecular complexity index is 195. The first-order valence-corrected chi connectivity index (χ1v) is 3.44. The monoisotopic (exact) mass is 140 g/mol. The Labute approximate surface area is 60.1 Å². The van der Waals surface area contributed by atoms with E-state index in [1.807, 2.05) is 13.1 Å². The van der Waals surface area contributed by atoms with Gasteiger partial charge in [-0.25, -0.2) is 4.98 Å². The molecule has 0 aliphatic heterocycles. The fraction of sp³-hybridized carbons (Fsp3) is 0.571. The molecule has 0 fully saturated rings. The highest BCUT2D eigenvalue weighted by Crippen LogP contribution is 1.98. The topological polar surface area (TPSA) is 48.9 Å². The van der Waals surface area contributed by atoms with E-state index < -0.39 is 0 Å². The van der Waals surface area contributed by atoms with Crippen LogP contribution >= 0.6 is 0 Å². The highest BCUT2D eigenvalue weighted by molar-refractivity contribution is 4.99. The van der Waals surface area contributed by atoms with Gasteiger partial charge in [0.15, 0.2) is 0 Å². The molecule has 3 heteroatoms. The fourth-order valence-corrected chi connectivity index (χ4v) is 0.868. The molecular formula is C7H12N2O. The van der Waals surface area contributed by atoms with Crippen molar-refractivity contribution < 1.29 is 5.11 Å². The summed E-state index contributed by atoms with van der Waals surface area (Å²) in [6.07, 6.45) is 3.50. The van der Waals surface area contributed by atoms with Crippen molar-refractivity contribution in [3.8, 4) is 0 Å². The van der Waals surface area contributed by atoms with Crippen molar-refractivity contribution in [2.24, 2.45) is 0 Å². The van der Waals surface area contributed by atoms with Crippen molar-refractivity contribution in [1.82, 2.24) is 9.97 Å². The fourth-order valence-electron chi connectivity index (χ4n) is 0.868. The van der Waals surface area contributed by atoms with Crippen LogP contribution in [0, 0.1) is 6.92 Å². The number of nitrogens with zero attached hydrogens (tertiary/aromatic N) is 1. The van der Waals surface area contributed by atoms with Gasteiger partial charge in [-0.05, 0) is 19.8 Å². The molecular weight excluding hydrogens is 128 g/mol. The zero-order valence-corrected chi connectivity index (χ0v) is 6.09. The van der Waals surface area contributed by atoms with E-state index in [1.54, 1.807) is 0 Å². The van der Waals surface area contributed by atoms with Gasteiger partial charge in [-0.3, -0.25) is 0 Å². The van der Waals surface area contributed by atoms with Gasteiger partial charge >= 0.3 is 0 Å². The highest BCUT2D eigenvalue weighted by Gasteiger charge is 1.94. The van der Waals surface area contributed by atoms with Crippen LogP contribution in [0.5, 0.6) is 0 Å². The minimum Gasteiger partial charge on any atom is -0.396 e. The van der Waals surface area contributed by atoms with Gasteiger partial charge in [0, 0.05) is 18.5 Å². The van der Waals surface area contributed by atoms with Crippen molar-refractivity contribution in [1.29, 1.82) is 0 Å². The molecule has 1 heterocycles. The van der Waals surface area contributed by atoms with Gasteiger partial charge in [-0.1, -0.05) is 0 Å². The smallest absolute Gasteiger partial charge is 0.103 e. The number of aromatic nitrogens is 2. The van der Waals surface area contributed by atoms with Gasteiger partial charge in [0.1, 0.15) is 5.82 Å². The minimum absolute atomic E-state index is 0.248. The molecule has 0 radical (unpaired) electrons. The van der Waals surface area contributed by atoms with E-state index >= 15 is 0 Å². The lowest BCUT2D eigenvalue weighted by molar-refractivity contribution is 0.288. The summed E-state index contributed by atoms with van der Waals surface area (Å²) < 4.78 is 0. The lowest BCUT2D eigenvalue weighted by Crippen LogP contribution is -1.88. The molecule has 2 N–H and O–H groups in total. The van der Waals surface area contributed by atoms with Gasteiger partial charge in [0.05, 0.1) is 0 Å². The second kappa shape index (κ2) is 3.37. The Kier molecular flexibility index (Phi) is 2.45.